The summed E-state index contributed by atoms with van der Waals surface area (Å²) in [7, 11) is 0. The van der Waals surface area contributed by atoms with Crippen LogP contribution in [0.4, 0.5) is 4.39 Å². The van der Waals surface area contributed by atoms with E-state index in [0.717, 1.165) is 17.8 Å². The van der Waals surface area contributed by atoms with Gasteiger partial charge < -0.3 is 5.32 Å². The van der Waals surface area contributed by atoms with Gasteiger partial charge in [-0.2, -0.15) is 0 Å². The molecule has 4 rings (SSSR count). The quantitative estimate of drug-likeness (QED) is 0.854. The Morgan fingerprint density at radius 2 is 2.00 bits per heavy atom. The topological polar surface area (TPSA) is 29.1 Å². The van der Waals surface area contributed by atoms with Gasteiger partial charge in [-0.1, -0.05) is 18.6 Å². The minimum Gasteiger partial charge on any atom is -0.352 e. The summed E-state index contributed by atoms with van der Waals surface area (Å²) < 4.78 is 13.6. The minimum atomic E-state index is -0.242. The Morgan fingerprint density at radius 1 is 1.18 bits per heavy atom. The van der Waals surface area contributed by atoms with E-state index in [9.17, 15) is 9.18 Å². The molecule has 3 aliphatic rings. The van der Waals surface area contributed by atoms with E-state index in [1.54, 1.807) is 18.2 Å². The summed E-state index contributed by atoms with van der Waals surface area (Å²) in [5, 5.41) is 3.23. The molecule has 3 saturated carbocycles. The van der Waals surface area contributed by atoms with Crippen LogP contribution >= 0.6 is 11.8 Å². The van der Waals surface area contributed by atoms with Crippen molar-refractivity contribution in [3.63, 3.8) is 0 Å². The standard InChI is InChI=1S/C18H22FNOS/c19-15-6-1-2-7-17(15)22-10-18(21)20-16-9-11-8-14(16)13-5-3-4-12(11)13/h1-2,6-7,11-14,16H,3-5,8-10H2,(H,20,21). The first-order valence-corrected chi connectivity index (χ1v) is 9.37. The summed E-state index contributed by atoms with van der Waals surface area (Å²) in [5.41, 5.74) is 0. The smallest absolute Gasteiger partial charge is 0.230 e. The van der Waals surface area contributed by atoms with E-state index >= 15 is 0 Å². The maximum Gasteiger partial charge on any atom is 0.230 e. The van der Waals surface area contributed by atoms with Crippen LogP contribution in [0.15, 0.2) is 29.2 Å². The predicted octanol–water partition coefficient (Wildman–Crippen LogP) is 3.86. The molecule has 0 spiro atoms. The zero-order valence-electron chi connectivity index (χ0n) is 12.6. The van der Waals surface area contributed by atoms with Crippen LogP contribution in [0.25, 0.3) is 0 Å². The van der Waals surface area contributed by atoms with E-state index < -0.39 is 0 Å². The predicted molar refractivity (Wildman–Crippen MR) is 86.1 cm³/mol. The van der Waals surface area contributed by atoms with Gasteiger partial charge in [-0.15, -0.1) is 11.8 Å². The molecule has 0 aromatic heterocycles. The Balaban J connectivity index is 1.31. The van der Waals surface area contributed by atoms with Gasteiger partial charge in [0.05, 0.1) is 5.75 Å². The highest BCUT2D eigenvalue weighted by molar-refractivity contribution is 8.00. The highest BCUT2D eigenvalue weighted by atomic mass is 32.2. The van der Waals surface area contributed by atoms with E-state index in [1.807, 2.05) is 0 Å². The molecular formula is C18H22FNOS. The van der Waals surface area contributed by atoms with Crippen LogP contribution in [0, 0.1) is 29.5 Å². The van der Waals surface area contributed by atoms with Gasteiger partial charge in [0, 0.05) is 10.9 Å². The van der Waals surface area contributed by atoms with Crippen molar-refractivity contribution in [2.75, 3.05) is 5.75 Å². The Bertz CT molecular complexity index is 578. The molecule has 1 N–H and O–H groups in total. The molecule has 0 heterocycles. The third-order valence-corrected chi connectivity index (χ3v) is 7.02. The average Bonchev–Trinajstić information content (AvgIpc) is 3.18. The van der Waals surface area contributed by atoms with Crippen molar-refractivity contribution in [1.82, 2.24) is 5.32 Å². The second kappa shape index (κ2) is 5.88. The number of thioether (sulfide) groups is 1. The number of carbonyl (C=O) groups excluding carboxylic acids is 1. The average molecular weight is 319 g/mol. The van der Waals surface area contributed by atoms with Gasteiger partial charge in [0.15, 0.2) is 0 Å². The van der Waals surface area contributed by atoms with Crippen molar-refractivity contribution >= 4 is 17.7 Å². The number of hydrogen-bond acceptors (Lipinski definition) is 2. The Labute approximate surface area is 135 Å². The molecule has 0 radical (unpaired) electrons. The number of benzene rings is 1. The van der Waals surface area contributed by atoms with Gasteiger partial charge in [0.2, 0.25) is 5.91 Å². The molecule has 1 aromatic carbocycles. The van der Waals surface area contributed by atoms with Crippen LogP contribution in [-0.2, 0) is 4.79 Å². The molecule has 1 aromatic rings. The second-order valence-corrected chi connectivity index (χ2v) is 8.06. The van der Waals surface area contributed by atoms with Gasteiger partial charge >= 0.3 is 0 Å². The van der Waals surface area contributed by atoms with Crippen LogP contribution in [0.1, 0.15) is 32.1 Å². The maximum absolute atomic E-state index is 13.6. The first-order valence-electron chi connectivity index (χ1n) is 8.39. The number of carbonyl (C=O) groups is 1. The van der Waals surface area contributed by atoms with E-state index in [-0.39, 0.29) is 11.7 Å². The van der Waals surface area contributed by atoms with Crippen LogP contribution in [0.2, 0.25) is 0 Å². The lowest BCUT2D eigenvalue weighted by molar-refractivity contribution is -0.119. The van der Waals surface area contributed by atoms with Crippen molar-refractivity contribution in [1.29, 1.82) is 0 Å². The van der Waals surface area contributed by atoms with Gasteiger partial charge in [-0.3, -0.25) is 4.79 Å². The number of halogens is 1. The molecule has 22 heavy (non-hydrogen) atoms. The van der Waals surface area contributed by atoms with Gasteiger partial charge in [0.1, 0.15) is 5.82 Å². The fraction of sp³-hybridized carbons (Fsp3) is 0.611. The number of amides is 1. The molecule has 3 aliphatic carbocycles. The summed E-state index contributed by atoms with van der Waals surface area (Å²) >= 11 is 1.29. The zero-order valence-corrected chi connectivity index (χ0v) is 13.4. The number of fused-ring (bicyclic) bond motifs is 5. The fourth-order valence-corrected chi connectivity index (χ4v) is 5.94. The van der Waals surface area contributed by atoms with Gasteiger partial charge in [-0.05, 0) is 61.5 Å². The van der Waals surface area contributed by atoms with Crippen molar-refractivity contribution < 1.29 is 9.18 Å². The molecule has 1 amide bonds. The SMILES string of the molecule is O=C(CSc1ccccc1F)NC1CC2CC1C1CCCC21. The highest BCUT2D eigenvalue weighted by Gasteiger charge is 2.53. The Morgan fingerprint density at radius 3 is 2.86 bits per heavy atom. The molecule has 4 heteroatoms. The lowest BCUT2D eigenvalue weighted by Crippen LogP contribution is -2.43. The first kappa shape index (κ1) is 14.6. The number of hydrogen-bond donors (Lipinski definition) is 1. The molecular weight excluding hydrogens is 297 g/mol. The molecule has 0 aliphatic heterocycles. The fourth-order valence-electron chi connectivity index (χ4n) is 5.19. The summed E-state index contributed by atoms with van der Waals surface area (Å²) in [5.74, 6) is 3.49. The molecule has 5 unspecified atom stereocenters. The largest absolute Gasteiger partial charge is 0.352 e. The maximum atomic E-state index is 13.6. The van der Waals surface area contributed by atoms with E-state index in [0.29, 0.717) is 22.6 Å². The molecule has 3 fully saturated rings. The number of rotatable bonds is 4. The van der Waals surface area contributed by atoms with E-state index in [2.05, 4.69) is 5.32 Å². The van der Waals surface area contributed by atoms with Crippen molar-refractivity contribution in [2.45, 2.75) is 43.0 Å². The molecule has 0 saturated heterocycles. The third kappa shape index (κ3) is 2.55. The lowest BCUT2D eigenvalue weighted by atomic mass is 9.79. The van der Waals surface area contributed by atoms with Crippen molar-refractivity contribution in [2.24, 2.45) is 23.7 Å². The lowest BCUT2D eigenvalue weighted by Gasteiger charge is -2.32. The minimum absolute atomic E-state index is 0.0559. The van der Waals surface area contributed by atoms with Crippen LogP contribution in [0.5, 0.6) is 0 Å². The molecule has 2 bridgehead atoms. The van der Waals surface area contributed by atoms with E-state index in [4.69, 9.17) is 0 Å². The summed E-state index contributed by atoms with van der Waals surface area (Å²) in [6.45, 7) is 0. The summed E-state index contributed by atoms with van der Waals surface area (Å²) in [4.78, 5) is 12.8. The Kier molecular flexibility index (Phi) is 3.89. The zero-order chi connectivity index (χ0) is 15.1. The Hall–Kier alpha value is -1.03. The van der Waals surface area contributed by atoms with Crippen molar-refractivity contribution in [3.8, 4) is 0 Å². The number of nitrogens with one attached hydrogen (secondary N) is 1. The highest BCUT2D eigenvalue weighted by Crippen LogP contribution is 2.58. The molecule has 2 nitrogen and oxygen atoms in total. The third-order valence-electron chi connectivity index (χ3n) is 5.97. The van der Waals surface area contributed by atoms with Crippen LogP contribution < -0.4 is 5.32 Å². The van der Waals surface area contributed by atoms with Crippen molar-refractivity contribution in [3.05, 3.63) is 30.1 Å². The summed E-state index contributed by atoms with van der Waals surface area (Å²) in [6.07, 6.45) is 6.65. The van der Waals surface area contributed by atoms with E-state index in [1.165, 1.54) is 49.9 Å². The van der Waals surface area contributed by atoms with Crippen LogP contribution in [-0.4, -0.2) is 17.7 Å². The first-order chi connectivity index (χ1) is 10.7. The monoisotopic (exact) mass is 319 g/mol. The molecule has 118 valence electrons. The van der Waals surface area contributed by atoms with Gasteiger partial charge in [0.25, 0.3) is 0 Å². The van der Waals surface area contributed by atoms with Crippen LogP contribution in [0.3, 0.4) is 0 Å². The second-order valence-electron chi connectivity index (χ2n) is 7.05. The summed E-state index contributed by atoms with van der Waals surface area (Å²) in [6, 6.07) is 7.02. The molecule has 5 atom stereocenters. The normalized spacial score (nSPS) is 35.6. The van der Waals surface area contributed by atoms with Gasteiger partial charge in [-0.25, -0.2) is 4.39 Å².